The van der Waals surface area contributed by atoms with E-state index in [-0.39, 0.29) is 21.4 Å². The molecule has 0 unspecified atom stereocenters. The topological polar surface area (TPSA) is 75.7 Å². The molecule has 6 nitrogen and oxygen atoms in total. The number of benzene rings is 3. The number of aryl methyl sites for hydroxylation is 2. The number of carbonyl (C=O) groups is 1. The summed E-state index contributed by atoms with van der Waals surface area (Å²) < 4.78 is 33.9. The van der Waals surface area contributed by atoms with Crippen molar-refractivity contribution in [1.82, 2.24) is 4.90 Å². The van der Waals surface area contributed by atoms with Gasteiger partial charge in [0.15, 0.2) is 0 Å². The Bertz CT molecular complexity index is 1260. The van der Waals surface area contributed by atoms with Gasteiger partial charge < -0.3 is 9.64 Å². The number of sulfonamides is 1. The van der Waals surface area contributed by atoms with Crippen molar-refractivity contribution in [3.8, 4) is 5.75 Å². The lowest BCUT2D eigenvalue weighted by Gasteiger charge is -2.19. The van der Waals surface area contributed by atoms with E-state index in [2.05, 4.69) is 4.72 Å². The molecule has 3 aromatic carbocycles. The molecule has 1 N–H and O–H groups in total. The van der Waals surface area contributed by atoms with Gasteiger partial charge in [0.05, 0.1) is 12.1 Å². The Labute approximate surface area is 193 Å². The molecule has 0 aliphatic rings. The monoisotopic (exact) mass is 472 g/mol. The molecule has 0 saturated carbocycles. The molecule has 0 aromatic heterocycles. The molecule has 0 bridgehead atoms. The van der Waals surface area contributed by atoms with Crippen molar-refractivity contribution in [3.63, 3.8) is 0 Å². The van der Waals surface area contributed by atoms with Crippen molar-refractivity contribution in [3.05, 3.63) is 87.9 Å². The van der Waals surface area contributed by atoms with Gasteiger partial charge in [-0.25, -0.2) is 8.42 Å². The molecular weight excluding hydrogens is 448 g/mol. The number of ether oxygens (including phenoxy) is 1. The molecule has 0 fully saturated rings. The zero-order valence-corrected chi connectivity index (χ0v) is 19.9. The number of hydrogen-bond donors (Lipinski definition) is 1. The Kier molecular flexibility index (Phi) is 7.11. The van der Waals surface area contributed by atoms with Gasteiger partial charge in [0.2, 0.25) is 0 Å². The summed E-state index contributed by atoms with van der Waals surface area (Å²) in [6.45, 7) is 4.15. The number of carbonyl (C=O) groups excluding carboxylic acids is 1. The summed E-state index contributed by atoms with van der Waals surface area (Å²) >= 11 is 6.20. The average Bonchev–Trinajstić information content (AvgIpc) is 2.76. The second kappa shape index (κ2) is 9.63. The fourth-order valence-electron chi connectivity index (χ4n) is 3.24. The summed E-state index contributed by atoms with van der Waals surface area (Å²) in [5.74, 6) is 0.333. The molecule has 0 aliphatic carbocycles. The molecule has 0 aliphatic heterocycles. The lowest BCUT2D eigenvalue weighted by Crippen LogP contribution is -2.26. The zero-order chi connectivity index (χ0) is 23.5. The highest BCUT2D eigenvalue weighted by Gasteiger charge is 2.22. The van der Waals surface area contributed by atoms with Crippen LogP contribution in [0.3, 0.4) is 0 Å². The first-order valence-electron chi connectivity index (χ1n) is 9.89. The quantitative estimate of drug-likeness (QED) is 0.522. The zero-order valence-electron chi connectivity index (χ0n) is 18.3. The second-order valence-corrected chi connectivity index (χ2v) is 9.58. The van der Waals surface area contributed by atoms with Crippen LogP contribution in [0.15, 0.2) is 65.6 Å². The van der Waals surface area contributed by atoms with Gasteiger partial charge in [0.25, 0.3) is 15.9 Å². The number of anilines is 1. The highest BCUT2D eigenvalue weighted by molar-refractivity contribution is 7.92. The molecule has 0 saturated heterocycles. The van der Waals surface area contributed by atoms with E-state index in [1.807, 2.05) is 44.2 Å². The number of nitrogens with zero attached hydrogens (tertiary/aromatic N) is 1. The van der Waals surface area contributed by atoms with Gasteiger partial charge in [-0.1, -0.05) is 35.9 Å². The predicted molar refractivity (Wildman–Crippen MR) is 127 cm³/mol. The number of amides is 1. The Hall–Kier alpha value is -3.03. The predicted octanol–water partition coefficient (Wildman–Crippen LogP) is 5.04. The van der Waals surface area contributed by atoms with Crippen LogP contribution in [0.25, 0.3) is 0 Å². The van der Waals surface area contributed by atoms with Gasteiger partial charge in [-0.05, 0) is 61.4 Å². The lowest BCUT2D eigenvalue weighted by molar-refractivity contribution is 0.0784. The van der Waals surface area contributed by atoms with Gasteiger partial charge in [0.1, 0.15) is 10.6 Å². The van der Waals surface area contributed by atoms with Crippen molar-refractivity contribution >= 4 is 33.2 Å². The Morgan fingerprint density at radius 3 is 2.44 bits per heavy atom. The van der Waals surface area contributed by atoms with E-state index in [9.17, 15) is 13.2 Å². The van der Waals surface area contributed by atoms with E-state index in [0.717, 1.165) is 16.7 Å². The maximum absolute atomic E-state index is 13.0. The van der Waals surface area contributed by atoms with Crippen molar-refractivity contribution in [1.29, 1.82) is 0 Å². The van der Waals surface area contributed by atoms with Crippen LogP contribution in [0.4, 0.5) is 5.69 Å². The summed E-state index contributed by atoms with van der Waals surface area (Å²) in [6.07, 6.45) is 0. The van der Waals surface area contributed by atoms with Crippen molar-refractivity contribution in [2.24, 2.45) is 0 Å². The normalized spacial score (nSPS) is 11.2. The minimum absolute atomic E-state index is 0.0327. The van der Waals surface area contributed by atoms with E-state index in [1.165, 1.54) is 23.1 Å². The Morgan fingerprint density at radius 2 is 1.75 bits per heavy atom. The van der Waals surface area contributed by atoms with Gasteiger partial charge in [0, 0.05) is 30.4 Å². The second-order valence-electron chi connectivity index (χ2n) is 7.52. The van der Waals surface area contributed by atoms with Crippen LogP contribution >= 0.6 is 11.6 Å². The van der Waals surface area contributed by atoms with Crippen molar-refractivity contribution < 1.29 is 17.9 Å². The Balaban J connectivity index is 1.86. The molecule has 1 amide bonds. The number of hydrogen-bond acceptors (Lipinski definition) is 4. The fraction of sp³-hybridized carbons (Fsp3) is 0.208. The van der Waals surface area contributed by atoms with Crippen molar-refractivity contribution in [2.45, 2.75) is 25.3 Å². The molecule has 32 heavy (non-hydrogen) atoms. The summed E-state index contributed by atoms with van der Waals surface area (Å²) in [5.41, 5.74) is 3.49. The minimum atomic E-state index is -4.00. The van der Waals surface area contributed by atoms with E-state index in [0.29, 0.717) is 18.0 Å². The smallest absolute Gasteiger partial charge is 0.263 e. The molecular formula is C24H25ClN2O4S. The number of nitrogens with one attached hydrogen (secondary N) is 1. The first-order chi connectivity index (χ1) is 15.1. The van der Waals surface area contributed by atoms with Crippen LogP contribution in [0.2, 0.25) is 5.02 Å². The number of rotatable bonds is 7. The number of halogens is 1. The summed E-state index contributed by atoms with van der Waals surface area (Å²) in [4.78, 5) is 14.3. The lowest BCUT2D eigenvalue weighted by atomic mass is 10.1. The first-order valence-corrected chi connectivity index (χ1v) is 11.8. The Morgan fingerprint density at radius 1 is 1.03 bits per heavy atom. The highest BCUT2D eigenvalue weighted by Crippen LogP contribution is 2.27. The molecule has 0 radical (unpaired) electrons. The number of para-hydroxylation sites is 1. The molecule has 0 atom stereocenters. The van der Waals surface area contributed by atoms with Crippen LogP contribution in [0.5, 0.6) is 5.75 Å². The SMILES string of the molecule is COc1ccccc1CN(C)C(=O)c1ccc(Cl)c(S(=O)(=O)Nc2ccc(C)c(C)c2)c1. The minimum Gasteiger partial charge on any atom is -0.496 e. The van der Waals surface area contributed by atoms with Gasteiger partial charge in [-0.15, -0.1) is 0 Å². The van der Waals surface area contributed by atoms with Crippen LogP contribution in [-0.4, -0.2) is 33.4 Å². The molecule has 168 valence electrons. The van der Waals surface area contributed by atoms with Crippen LogP contribution in [0.1, 0.15) is 27.0 Å². The van der Waals surface area contributed by atoms with E-state index in [4.69, 9.17) is 16.3 Å². The van der Waals surface area contributed by atoms with Crippen LogP contribution < -0.4 is 9.46 Å². The van der Waals surface area contributed by atoms with Gasteiger partial charge >= 0.3 is 0 Å². The van der Waals surface area contributed by atoms with E-state index >= 15 is 0 Å². The average molecular weight is 473 g/mol. The van der Waals surface area contributed by atoms with E-state index in [1.54, 1.807) is 26.3 Å². The standard InChI is InChI=1S/C24H25ClN2O4S/c1-16-9-11-20(13-17(16)2)26-32(29,30)23-14-18(10-12-21(23)25)24(28)27(3)15-19-7-5-6-8-22(19)31-4/h5-14,26H,15H2,1-4H3. The van der Waals surface area contributed by atoms with Crippen molar-refractivity contribution in [2.75, 3.05) is 18.9 Å². The molecule has 8 heteroatoms. The number of methoxy groups -OCH3 is 1. The third-order valence-corrected chi connectivity index (χ3v) is 7.04. The first kappa shape index (κ1) is 23.6. The molecule has 3 aromatic rings. The third kappa shape index (κ3) is 5.23. The molecule has 0 spiro atoms. The summed E-state index contributed by atoms with van der Waals surface area (Å²) in [5, 5.41) is 0.0327. The van der Waals surface area contributed by atoms with Crippen LogP contribution in [0, 0.1) is 13.8 Å². The summed E-state index contributed by atoms with van der Waals surface area (Å²) in [7, 11) is -0.785. The molecule has 3 rings (SSSR count). The largest absolute Gasteiger partial charge is 0.496 e. The van der Waals surface area contributed by atoms with E-state index < -0.39 is 10.0 Å². The maximum atomic E-state index is 13.0. The fourth-order valence-corrected chi connectivity index (χ4v) is 4.82. The highest BCUT2D eigenvalue weighted by atomic mass is 35.5. The van der Waals surface area contributed by atoms with Gasteiger partial charge in [-0.3, -0.25) is 9.52 Å². The summed E-state index contributed by atoms with van der Waals surface area (Å²) in [6, 6.07) is 16.9. The van der Waals surface area contributed by atoms with Crippen LogP contribution in [-0.2, 0) is 16.6 Å². The molecule has 0 heterocycles. The third-order valence-electron chi connectivity index (χ3n) is 5.17. The van der Waals surface area contributed by atoms with Gasteiger partial charge in [-0.2, -0.15) is 0 Å². The maximum Gasteiger partial charge on any atom is 0.263 e.